The third-order valence-electron chi connectivity index (χ3n) is 5.39. The minimum atomic E-state index is 0.820. The van der Waals surface area contributed by atoms with E-state index < -0.39 is 0 Å². The number of nitrogens with one attached hydrogen (secondary N) is 1. The molecule has 0 saturated carbocycles. The molecule has 0 rings (SSSR count). The van der Waals surface area contributed by atoms with Crippen LogP contribution < -0.4 is 5.32 Å². The Balaban J connectivity index is 3.06. The third kappa shape index (κ3) is 22.3. The molecule has 0 bridgehead atoms. The van der Waals surface area contributed by atoms with Crippen molar-refractivity contribution >= 4 is 11.6 Å². The Morgan fingerprint density at radius 3 is 1.27 bits per heavy atom. The predicted octanol–water partition coefficient (Wildman–Crippen LogP) is 7.01. The first-order chi connectivity index (χ1) is 12.8. The van der Waals surface area contributed by atoms with Gasteiger partial charge in [0.15, 0.2) is 0 Å². The zero-order valence-corrected chi connectivity index (χ0v) is 18.9. The molecule has 1 N–H and O–H groups in total. The topological polar surface area (TPSA) is 15.3 Å². The van der Waals surface area contributed by atoms with Crippen molar-refractivity contribution in [3.63, 3.8) is 0 Å². The molecule has 0 amide bonds. The lowest BCUT2D eigenvalue weighted by molar-refractivity contribution is 0.316. The molecule has 0 unspecified atom stereocenters. The van der Waals surface area contributed by atoms with Crippen LogP contribution in [0.4, 0.5) is 0 Å². The number of alkyl halides is 1. The Bertz CT molecular complexity index is 248. The van der Waals surface area contributed by atoms with Crippen LogP contribution in [0.2, 0.25) is 0 Å². The molecule has 0 spiro atoms. The molecule has 0 atom stereocenters. The Kier molecular flexibility index (Phi) is 23.4. The van der Waals surface area contributed by atoms with E-state index in [9.17, 15) is 0 Å². The van der Waals surface area contributed by atoms with E-state index in [-0.39, 0.29) is 0 Å². The highest BCUT2D eigenvalue weighted by Gasteiger charge is 1.99. The summed E-state index contributed by atoms with van der Waals surface area (Å²) in [5.41, 5.74) is 0. The quantitative estimate of drug-likeness (QED) is 0.158. The first-order valence-corrected chi connectivity index (χ1v) is 12.2. The second-order valence-electron chi connectivity index (χ2n) is 8.11. The number of rotatable bonds is 22. The maximum Gasteiger partial charge on any atom is 0.0223 e. The minimum Gasteiger partial charge on any atom is -0.320 e. The molecule has 2 nitrogen and oxygen atoms in total. The Labute approximate surface area is 170 Å². The monoisotopic (exact) mass is 388 g/mol. The van der Waals surface area contributed by atoms with Crippen LogP contribution in [0.25, 0.3) is 0 Å². The van der Waals surface area contributed by atoms with Gasteiger partial charge in [0, 0.05) is 5.88 Å². The number of nitrogens with zero attached hydrogens (tertiary/aromatic N) is 1. The van der Waals surface area contributed by atoms with Gasteiger partial charge in [0.25, 0.3) is 0 Å². The van der Waals surface area contributed by atoms with Crippen molar-refractivity contribution in [1.82, 2.24) is 10.2 Å². The molecule has 0 aliphatic rings. The lowest BCUT2D eigenvalue weighted by Gasteiger charge is -2.16. The van der Waals surface area contributed by atoms with Gasteiger partial charge in [-0.1, -0.05) is 83.5 Å². The maximum atomic E-state index is 5.71. The van der Waals surface area contributed by atoms with Crippen molar-refractivity contribution in [2.75, 3.05) is 39.6 Å². The first kappa shape index (κ1) is 26.2. The summed E-state index contributed by atoms with van der Waals surface area (Å²) in [6, 6.07) is 0. The van der Waals surface area contributed by atoms with E-state index in [1.54, 1.807) is 0 Å². The van der Waals surface area contributed by atoms with Crippen molar-refractivity contribution in [1.29, 1.82) is 0 Å². The van der Waals surface area contributed by atoms with Gasteiger partial charge in [0.05, 0.1) is 0 Å². The summed E-state index contributed by atoms with van der Waals surface area (Å²) in [4.78, 5) is 2.49. The molecule has 3 heteroatoms. The fourth-order valence-corrected chi connectivity index (χ4v) is 3.76. The fraction of sp³-hybridized carbons (Fsp3) is 1.00. The summed E-state index contributed by atoms with van der Waals surface area (Å²) in [6.07, 6.45) is 23.8. The molecule has 158 valence electrons. The fourth-order valence-electron chi connectivity index (χ4n) is 3.57. The molecule has 0 saturated heterocycles. The van der Waals surface area contributed by atoms with Gasteiger partial charge in [0.2, 0.25) is 0 Å². The Hall–Kier alpha value is 0.210. The third-order valence-corrected chi connectivity index (χ3v) is 5.66. The van der Waals surface area contributed by atoms with Crippen LogP contribution in [-0.4, -0.2) is 44.5 Å². The lowest BCUT2D eigenvalue weighted by Crippen LogP contribution is -2.20. The largest absolute Gasteiger partial charge is 0.320 e. The molecule has 0 radical (unpaired) electrons. The van der Waals surface area contributed by atoms with Crippen molar-refractivity contribution in [3.8, 4) is 0 Å². The zero-order valence-electron chi connectivity index (χ0n) is 18.2. The summed E-state index contributed by atoms with van der Waals surface area (Å²) in [6.45, 7) is 3.70. The lowest BCUT2D eigenvalue weighted by atomic mass is 10.0. The van der Waals surface area contributed by atoms with Crippen LogP contribution in [0, 0.1) is 0 Å². The summed E-state index contributed by atoms with van der Waals surface area (Å²) < 4.78 is 0. The van der Waals surface area contributed by atoms with E-state index in [2.05, 4.69) is 17.3 Å². The van der Waals surface area contributed by atoms with Crippen LogP contribution in [0.3, 0.4) is 0 Å². The summed E-state index contributed by atoms with van der Waals surface area (Å²) in [5.74, 6) is 0.820. The average Bonchev–Trinajstić information content (AvgIpc) is 2.65. The van der Waals surface area contributed by atoms with E-state index in [1.807, 2.05) is 7.05 Å². The van der Waals surface area contributed by atoms with Crippen LogP contribution >= 0.6 is 11.6 Å². The van der Waals surface area contributed by atoms with Crippen LogP contribution in [0.15, 0.2) is 0 Å². The van der Waals surface area contributed by atoms with E-state index in [1.165, 1.54) is 129 Å². The van der Waals surface area contributed by atoms with Crippen molar-refractivity contribution in [3.05, 3.63) is 0 Å². The van der Waals surface area contributed by atoms with E-state index in [4.69, 9.17) is 11.6 Å². The van der Waals surface area contributed by atoms with Crippen LogP contribution in [-0.2, 0) is 0 Å². The molecular weight excluding hydrogens is 340 g/mol. The predicted molar refractivity (Wildman–Crippen MR) is 121 cm³/mol. The van der Waals surface area contributed by atoms with Gasteiger partial charge < -0.3 is 10.2 Å². The van der Waals surface area contributed by atoms with Gasteiger partial charge in [-0.05, 0) is 59.4 Å². The minimum absolute atomic E-state index is 0.820. The second-order valence-corrected chi connectivity index (χ2v) is 8.48. The summed E-state index contributed by atoms with van der Waals surface area (Å²) in [5, 5.41) is 3.22. The Morgan fingerprint density at radius 1 is 0.538 bits per heavy atom. The summed E-state index contributed by atoms with van der Waals surface area (Å²) in [7, 11) is 4.31. The van der Waals surface area contributed by atoms with E-state index in [0.29, 0.717) is 0 Å². The molecule has 0 heterocycles. The number of unbranched alkanes of at least 4 members (excludes halogenated alkanes) is 15. The SMILES string of the molecule is CNCCCCCCCCCCCCCCCCN(C)CCCCCCl. The molecule has 26 heavy (non-hydrogen) atoms. The number of halogens is 1. The average molecular weight is 389 g/mol. The molecule has 0 aromatic carbocycles. The van der Waals surface area contributed by atoms with Crippen molar-refractivity contribution < 1.29 is 0 Å². The Morgan fingerprint density at radius 2 is 0.885 bits per heavy atom. The normalized spacial score (nSPS) is 11.5. The molecule has 0 aromatic heterocycles. The van der Waals surface area contributed by atoms with Crippen molar-refractivity contribution in [2.45, 2.75) is 109 Å². The van der Waals surface area contributed by atoms with Gasteiger partial charge in [-0.2, -0.15) is 0 Å². The molecule has 0 aromatic rings. The smallest absolute Gasteiger partial charge is 0.0223 e. The highest BCUT2D eigenvalue weighted by atomic mass is 35.5. The van der Waals surface area contributed by atoms with Crippen LogP contribution in [0.5, 0.6) is 0 Å². The van der Waals surface area contributed by atoms with E-state index in [0.717, 1.165) is 5.88 Å². The first-order valence-electron chi connectivity index (χ1n) is 11.7. The van der Waals surface area contributed by atoms with Gasteiger partial charge in [0.1, 0.15) is 0 Å². The van der Waals surface area contributed by atoms with Gasteiger partial charge in [-0.15, -0.1) is 11.6 Å². The van der Waals surface area contributed by atoms with E-state index >= 15 is 0 Å². The number of hydrogen-bond acceptors (Lipinski definition) is 2. The molecular formula is C23H49ClN2. The number of hydrogen-bond donors (Lipinski definition) is 1. The molecule has 0 aliphatic heterocycles. The standard InChI is InChI=1S/C23H49ClN2/c1-25-21-17-13-11-9-7-5-3-4-6-8-10-12-14-18-22-26(2)23-19-15-16-20-24/h25H,3-23H2,1-2H3. The zero-order chi connectivity index (χ0) is 19.1. The molecule has 0 fully saturated rings. The highest BCUT2D eigenvalue weighted by molar-refractivity contribution is 6.17. The van der Waals surface area contributed by atoms with Gasteiger partial charge in [-0.3, -0.25) is 0 Å². The molecule has 0 aliphatic carbocycles. The second kappa shape index (κ2) is 23.2. The van der Waals surface area contributed by atoms with Crippen LogP contribution in [0.1, 0.15) is 109 Å². The highest BCUT2D eigenvalue weighted by Crippen LogP contribution is 2.13. The summed E-state index contributed by atoms with van der Waals surface area (Å²) >= 11 is 5.71. The van der Waals surface area contributed by atoms with Gasteiger partial charge in [-0.25, -0.2) is 0 Å². The van der Waals surface area contributed by atoms with Gasteiger partial charge >= 0.3 is 0 Å². The maximum absolute atomic E-state index is 5.71. The van der Waals surface area contributed by atoms with Crippen molar-refractivity contribution in [2.24, 2.45) is 0 Å².